The molecule has 2 aliphatic heterocycles. The minimum absolute atomic E-state index is 0.0833. The van der Waals surface area contributed by atoms with Crippen molar-refractivity contribution in [3.63, 3.8) is 0 Å². The van der Waals surface area contributed by atoms with E-state index in [0.717, 1.165) is 57.7 Å². The predicted octanol–water partition coefficient (Wildman–Crippen LogP) is 2.32. The second-order valence-corrected chi connectivity index (χ2v) is 8.75. The number of carbonyl (C=O) groups is 2. The molecular weight excluding hydrogens is 342 g/mol. The second kappa shape index (κ2) is 8.40. The number of hydrogen-bond acceptors (Lipinski definition) is 4. The normalized spacial score (nSPS) is 23.5. The minimum atomic E-state index is 0.0833. The van der Waals surface area contributed by atoms with Gasteiger partial charge >= 0.3 is 0 Å². The molecule has 2 aliphatic rings. The number of amides is 2. The van der Waals surface area contributed by atoms with Gasteiger partial charge in [0.15, 0.2) is 5.82 Å². The Bertz CT molecular complexity index is 671. The highest BCUT2D eigenvalue weighted by atomic mass is 16.2. The summed E-state index contributed by atoms with van der Waals surface area (Å²) in [5, 5.41) is 6.94. The molecule has 27 heavy (non-hydrogen) atoms. The van der Waals surface area contributed by atoms with E-state index in [1.807, 2.05) is 16.7 Å². The summed E-state index contributed by atoms with van der Waals surface area (Å²) in [6.45, 7) is 9.51. The molecule has 1 atom stereocenters. The zero-order valence-electron chi connectivity index (χ0n) is 17.0. The maximum absolute atomic E-state index is 12.7. The van der Waals surface area contributed by atoms with E-state index < -0.39 is 0 Å². The van der Waals surface area contributed by atoms with Crippen LogP contribution < -0.4 is 0 Å². The number of carbonyl (C=O) groups excluding carboxylic acids is 2. The molecule has 1 spiro atoms. The Morgan fingerprint density at radius 3 is 2.81 bits per heavy atom. The Balaban J connectivity index is 1.57. The number of likely N-dealkylation sites (tertiary alicyclic amines) is 2. The van der Waals surface area contributed by atoms with Crippen molar-refractivity contribution in [3.05, 3.63) is 11.6 Å². The molecule has 2 amide bonds. The van der Waals surface area contributed by atoms with E-state index in [9.17, 15) is 9.59 Å². The zero-order chi connectivity index (χ0) is 19.4. The molecule has 1 aromatic heterocycles. The average molecular weight is 376 g/mol. The molecule has 1 aromatic rings. The zero-order valence-corrected chi connectivity index (χ0v) is 17.0. The van der Waals surface area contributed by atoms with E-state index in [1.54, 1.807) is 0 Å². The molecule has 0 aromatic carbocycles. The fourth-order valence-electron chi connectivity index (χ4n) is 4.35. The number of aryl methyl sites for hydroxylation is 2. The summed E-state index contributed by atoms with van der Waals surface area (Å²) in [6.07, 6.45) is 5.74. The van der Waals surface area contributed by atoms with Crippen LogP contribution in [0.4, 0.5) is 0 Å². The van der Waals surface area contributed by atoms with Gasteiger partial charge in [-0.3, -0.25) is 14.7 Å². The Kier molecular flexibility index (Phi) is 6.17. The first-order valence-electron chi connectivity index (χ1n) is 10.3. The van der Waals surface area contributed by atoms with Gasteiger partial charge in [0, 0.05) is 50.9 Å². The van der Waals surface area contributed by atoms with Crippen molar-refractivity contribution >= 4 is 11.8 Å². The van der Waals surface area contributed by atoms with Crippen molar-refractivity contribution in [1.29, 1.82) is 0 Å². The number of H-pyrrole nitrogens is 1. The van der Waals surface area contributed by atoms with Crippen molar-refractivity contribution in [1.82, 2.24) is 25.0 Å². The topological polar surface area (TPSA) is 82.2 Å². The lowest BCUT2D eigenvalue weighted by atomic mass is 9.73. The summed E-state index contributed by atoms with van der Waals surface area (Å²) in [5.41, 5.74) is 0.0833. The highest BCUT2D eigenvalue weighted by molar-refractivity contribution is 5.78. The Hall–Kier alpha value is -1.92. The quantitative estimate of drug-likeness (QED) is 0.827. The number of nitrogens with zero attached hydrogens (tertiary/aromatic N) is 4. The largest absolute Gasteiger partial charge is 0.342 e. The second-order valence-electron chi connectivity index (χ2n) is 8.75. The fraction of sp³-hybridized carbons (Fsp3) is 0.800. The number of aromatic amines is 1. The van der Waals surface area contributed by atoms with Crippen LogP contribution >= 0.6 is 0 Å². The van der Waals surface area contributed by atoms with E-state index >= 15 is 0 Å². The van der Waals surface area contributed by atoms with Crippen LogP contribution in [0.5, 0.6) is 0 Å². The van der Waals surface area contributed by atoms with Gasteiger partial charge in [-0.25, -0.2) is 4.98 Å². The number of hydrogen-bond donors (Lipinski definition) is 1. The van der Waals surface area contributed by atoms with Crippen LogP contribution in [0.3, 0.4) is 0 Å². The third-order valence-electron chi connectivity index (χ3n) is 5.94. The van der Waals surface area contributed by atoms with Crippen LogP contribution in [0.15, 0.2) is 0 Å². The van der Waals surface area contributed by atoms with Gasteiger partial charge in [0.2, 0.25) is 11.8 Å². The van der Waals surface area contributed by atoms with E-state index in [0.29, 0.717) is 31.0 Å². The van der Waals surface area contributed by atoms with Gasteiger partial charge in [0.1, 0.15) is 5.82 Å². The number of aromatic nitrogens is 3. The summed E-state index contributed by atoms with van der Waals surface area (Å²) >= 11 is 0. The van der Waals surface area contributed by atoms with Crippen LogP contribution in [-0.4, -0.2) is 63.0 Å². The molecule has 3 rings (SSSR count). The van der Waals surface area contributed by atoms with E-state index in [-0.39, 0.29) is 17.2 Å². The third kappa shape index (κ3) is 5.08. The van der Waals surface area contributed by atoms with Gasteiger partial charge in [0.05, 0.1) is 0 Å². The predicted molar refractivity (Wildman–Crippen MR) is 103 cm³/mol. The fourth-order valence-corrected chi connectivity index (χ4v) is 4.35. The van der Waals surface area contributed by atoms with Crippen LogP contribution in [0, 0.1) is 18.3 Å². The maximum atomic E-state index is 12.7. The molecule has 0 saturated carbocycles. The Morgan fingerprint density at radius 2 is 2.11 bits per heavy atom. The van der Waals surface area contributed by atoms with Gasteiger partial charge < -0.3 is 9.80 Å². The summed E-state index contributed by atoms with van der Waals surface area (Å²) in [7, 11) is 0. The van der Waals surface area contributed by atoms with Crippen molar-refractivity contribution in [2.45, 2.75) is 65.7 Å². The molecule has 7 nitrogen and oxygen atoms in total. The van der Waals surface area contributed by atoms with Crippen molar-refractivity contribution < 1.29 is 9.59 Å². The standard InChI is InChI=1S/C20H33N5O2/c1-15(2)8-12-25-14-20(10-7-19(25)27)9-4-11-24(13-20)18(26)6-5-17-21-16(3)22-23-17/h15H,4-14H2,1-3H3,(H,21,22,23)/t20-/m0/s1. The first-order valence-corrected chi connectivity index (χ1v) is 10.3. The summed E-state index contributed by atoms with van der Waals surface area (Å²) < 4.78 is 0. The Morgan fingerprint density at radius 1 is 1.30 bits per heavy atom. The molecule has 0 radical (unpaired) electrons. The number of rotatable bonds is 6. The molecule has 0 unspecified atom stereocenters. The number of nitrogens with one attached hydrogen (secondary N) is 1. The lowest BCUT2D eigenvalue weighted by Crippen LogP contribution is -2.55. The van der Waals surface area contributed by atoms with Gasteiger partial charge in [-0.15, -0.1) is 0 Å². The van der Waals surface area contributed by atoms with Crippen LogP contribution in [-0.2, 0) is 16.0 Å². The molecule has 0 bridgehead atoms. The lowest BCUT2D eigenvalue weighted by Gasteiger charge is -2.48. The van der Waals surface area contributed by atoms with Gasteiger partial charge in [-0.05, 0) is 38.5 Å². The summed E-state index contributed by atoms with van der Waals surface area (Å²) in [4.78, 5) is 33.4. The first kappa shape index (κ1) is 19.8. The van der Waals surface area contributed by atoms with E-state index in [4.69, 9.17) is 0 Å². The van der Waals surface area contributed by atoms with Crippen LogP contribution in [0.2, 0.25) is 0 Å². The summed E-state index contributed by atoms with van der Waals surface area (Å²) in [6, 6.07) is 0. The van der Waals surface area contributed by atoms with Crippen molar-refractivity contribution in [3.8, 4) is 0 Å². The molecule has 0 aliphatic carbocycles. The third-order valence-corrected chi connectivity index (χ3v) is 5.94. The molecule has 1 N–H and O–H groups in total. The van der Waals surface area contributed by atoms with E-state index in [1.165, 1.54) is 0 Å². The van der Waals surface area contributed by atoms with Crippen LogP contribution in [0.1, 0.15) is 64.0 Å². The molecule has 7 heteroatoms. The number of piperidine rings is 2. The van der Waals surface area contributed by atoms with Gasteiger partial charge in [0.25, 0.3) is 0 Å². The molecule has 3 heterocycles. The van der Waals surface area contributed by atoms with Crippen molar-refractivity contribution in [2.24, 2.45) is 11.3 Å². The highest BCUT2D eigenvalue weighted by Crippen LogP contribution is 2.39. The monoisotopic (exact) mass is 375 g/mol. The molecular formula is C20H33N5O2. The highest BCUT2D eigenvalue weighted by Gasteiger charge is 2.42. The minimum Gasteiger partial charge on any atom is -0.342 e. The van der Waals surface area contributed by atoms with Gasteiger partial charge in [-0.1, -0.05) is 13.8 Å². The SMILES string of the molecule is Cc1nc(CCC(=O)N2CCC[C@]3(CCC(=O)N(CCC(C)C)C3)C2)n[nH]1. The molecule has 2 saturated heterocycles. The summed E-state index contributed by atoms with van der Waals surface area (Å²) in [5.74, 6) is 2.55. The maximum Gasteiger partial charge on any atom is 0.223 e. The molecule has 2 fully saturated rings. The van der Waals surface area contributed by atoms with E-state index in [2.05, 4.69) is 29.0 Å². The lowest BCUT2D eigenvalue weighted by molar-refractivity contribution is -0.143. The van der Waals surface area contributed by atoms with Crippen molar-refractivity contribution in [2.75, 3.05) is 26.2 Å². The van der Waals surface area contributed by atoms with Gasteiger partial charge in [-0.2, -0.15) is 5.10 Å². The first-order chi connectivity index (χ1) is 12.9. The average Bonchev–Trinajstić information content (AvgIpc) is 3.06. The van der Waals surface area contributed by atoms with Crippen LogP contribution in [0.25, 0.3) is 0 Å². The Labute approximate surface area is 161 Å². The molecule has 150 valence electrons. The smallest absolute Gasteiger partial charge is 0.223 e.